The van der Waals surface area contributed by atoms with E-state index >= 15 is 0 Å². The summed E-state index contributed by atoms with van der Waals surface area (Å²) in [6.45, 7) is 0.706. The molecule has 0 saturated carbocycles. The van der Waals surface area contributed by atoms with Gasteiger partial charge < -0.3 is 9.47 Å². The molecule has 6 heteroatoms. The molecule has 0 aliphatic carbocycles. The highest BCUT2D eigenvalue weighted by Crippen LogP contribution is 2.29. The van der Waals surface area contributed by atoms with Gasteiger partial charge in [-0.1, -0.05) is 12.1 Å². The number of hydrogen-bond donors (Lipinski definition) is 0. The Hall–Kier alpha value is -1.56. The second kappa shape index (κ2) is 4.97. The fraction of sp³-hybridized carbons (Fsp3) is 0.417. The number of benzene rings is 1. The fourth-order valence-electron chi connectivity index (χ4n) is 1.85. The van der Waals surface area contributed by atoms with Crippen LogP contribution in [0.15, 0.2) is 24.3 Å². The average molecular weight is 260 g/mol. The molecule has 1 aromatic carbocycles. The van der Waals surface area contributed by atoms with Crippen molar-refractivity contribution in [3.8, 4) is 5.75 Å². The van der Waals surface area contributed by atoms with Crippen molar-refractivity contribution in [2.45, 2.75) is 12.8 Å². The van der Waals surface area contributed by atoms with Gasteiger partial charge in [0.2, 0.25) is 0 Å². The third-order valence-corrected chi connectivity index (χ3v) is 2.68. The number of ether oxygens (including phenoxy) is 2. The number of ketones is 1. The van der Waals surface area contributed by atoms with Gasteiger partial charge in [-0.25, -0.2) is 0 Å². The topological polar surface area (TPSA) is 35.5 Å². The van der Waals surface area contributed by atoms with Gasteiger partial charge in [0.1, 0.15) is 5.75 Å². The number of para-hydroxylation sites is 1. The van der Waals surface area contributed by atoms with Crippen LogP contribution in [0.3, 0.4) is 0 Å². The monoisotopic (exact) mass is 260 g/mol. The second-order valence-corrected chi connectivity index (χ2v) is 3.97. The first-order valence-electron chi connectivity index (χ1n) is 5.44. The van der Waals surface area contributed by atoms with Crippen LogP contribution < -0.4 is 4.74 Å². The lowest BCUT2D eigenvalue weighted by Crippen LogP contribution is -2.21. The summed E-state index contributed by atoms with van der Waals surface area (Å²) >= 11 is 0. The maximum atomic E-state index is 12.2. The summed E-state index contributed by atoms with van der Waals surface area (Å²) in [5, 5.41) is 0. The Morgan fingerprint density at radius 3 is 2.67 bits per heavy atom. The van der Waals surface area contributed by atoms with Crippen LogP contribution in [-0.2, 0) is 4.74 Å². The number of rotatable bonds is 3. The molecule has 1 unspecified atom stereocenters. The van der Waals surface area contributed by atoms with E-state index in [0.717, 1.165) is 6.07 Å². The van der Waals surface area contributed by atoms with Gasteiger partial charge in [0, 0.05) is 12.5 Å². The van der Waals surface area contributed by atoms with Gasteiger partial charge >= 0.3 is 6.36 Å². The Labute approximate surface area is 102 Å². The lowest BCUT2D eigenvalue weighted by Gasteiger charge is -2.14. The number of carbonyl (C=O) groups excluding carboxylic acids is 1. The zero-order valence-electron chi connectivity index (χ0n) is 9.37. The van der Waals surface area contributed by atoms with Crippen LogP contribution in [-0.4, -0.2) is 25.4 Å². The summed E-state index contributed by atoms with van der Waals surface area (Å²) in [6, 6.07) is 5.37. The van der Waals surface area contributed by atoms with E-state index in [-0.39, 0.29) is 23.9 Å². The largest absolute Gasteiger partial charge is 0.573 e. The van der Waals surface area contributed by atoms with E-state index in [0.29, 0.717) is 13.0 Å². The minimum atomic E-state index is -4.80. The molecule has 1 atom stereocenters. The minimum absolute atomic E-state index is 0.0506. The molecular weight excluding hydrogens is 249 g/mol. The Morgan fingerprint density at radius 1 is 1.33 bits per heavy atom. The van der Waals surface area contributed by atoms with Gasteiger partial charge in [0.05, 0.1) is 12.2 Å². The molecule has 1 aliphatic rings. The third kappa shape index (κ3) is 3.01. The molecule has 0 bridgehead atoms. The predicted octanol–water partition coefficient (Wildman–Crippen LogP) is 2.80. The van der Waals surface area contributed by atoms with Crippen LogP contribution in [0.25, 0.3) is 0 Å². The second-order valence-electron chi connectivity index (χ2n) is 3.97. The van der Waals surface area contributed by atoms with Gasteiger partial charge in [-0.2, -0.15) is 0 Å². The highest BCUT2D eigenvalue weighted by Gasteiger charge is 2.34. The Balaban J connectivity index is 2.23. The predicted molar refractivity (Wildman–Crippen MR) is 56.4 cm³/mol. The van der Waals surface area contributed by atoms with E-state index in [1.54, 1.807) is 0 Å². The van der Waals surface area contributed by atoms with Gasteiger partial charge in [-0.05, 0) is 18.6 Å². The Kier molecular flexibility index (Phi) is 3.56. The third-order valence-electron chi connectivity index (χ3n) is 2.68. The summed E-state index contributed by atoms with van der Waals surface area (Å²) in [5.74, 6) is -1.21. The number of carbonyl (C=O) groups is 1. The molecule has 98 valence electrons. The van der Waals surface area contributed by atoms with E-state index < -0.39 is 12.1 Å². The molecule has 0 spiro atoms. The number of alkyl halides is 3. The van der Waals surface area contributed by atoms with Crippen molar-refractivity contribution < 1.29 is 27.4 Å². The molecule has 0 aromatic heterocycles. The van der Waals surface area contributed by atoms with E-state index in [2.05, 4.69) is 4.74 Å². The minimum Gasteiger partial charge on any atom is -0.405 e. The standard InChI is InChI=1S/C12H11F3O3/c13-12(14,15)18-10-4-2-1-3-9(10)11(16)8-5-6-17-7-8/h1-4,8H,5-7H2. The van der Waals surface area contributed by atoms with E-state index in [9.17, 15) is 18.0 Å². The Bertz CT molecular complexity index is 436. The molecule has 0 amide bonds. The van der Waals surface area contributed by atoms with Crippen LogP contribution in [0.5, 0.6) is 5.75 Å². The van der Waals surface area contributed by atoms with Gasteiger partial charge in [-0.15, -0.1) is 13.2 Å². The lowest BCUT2D eigenvalue weighted by molar-refractivity contribution is -0.274. The summed E-state index contributed by atoms with van der Waals surface area (Å²) in [4.78, 5) is 12.0. The molecule has 0 N–H and O–H groups in total. The van der Waals surface area contributed by atoms with Crippen molar-refractivity contribution in [3.05, 3.63) is 29.8 Å². The first-order chi connectivity index (χ1) is 8.47. The van der Waals surface area contributed by atoms with Crippen LogP contribution in [0, 0.1) is 5.92 Å². The van der Waals surface area contributed by atoms with E-state index in [1.807, 2.05) is 0 Å². The molecule has 2 rings (SSSR count). The zero-order valence-corrected chi connectivity index (χ0v) is 9.37. The van der Waals surface area contributed by atoms with E-state index in [4.69, 9.17) is 4.74 Å². The molecule has 3 nitrogen and oxygen atoms in total. The summed E-state index contributed by atoms with van der Waals surface area (Å²) in [5.41, 5.74) is -0.0506. The normalized spacial score (nSPS) is 19.8. The van der Waals surface area contributed by atoms with E-state index in [1.165, 1.54) is 18.2 Å². The van der Waals surface area contributed by atoms with Crippen molar-refractivity contribution in [1.82, 2.24) is 0 Å². The highest BCUT2D eigenvalue weighted by molar-refractivity contribution is 6.00. The van der Waals surface area contributed by atoms with Crippen molar-refractivity contribution in [3.63, 3.8) is 0 Å². The van der Waals surface area contributed by atoms with Gasteiger partial charge in [0.25, 0.3) is 0 Å². The van der Waals surface area contributed by atoms with Crippen molar-refractivity contribution in [1.29, 1.82) is 0 Å². The fourth-order valence-corrected chi connectivity index (χ4v) is 1.85. The maximum absolute atomic E-state index is 12.2. The smallest absolute Gasteiger partial charge is 0.405 e. The van der Waals surface area contributed by atoms with Crippen LogP contribution in [0.1, 0.15) is 16.8 Å². The van der Waals surface area contributed by atoms with Crippen molar-refractivity contribution in [2.75, 3.05) is 13.2 Å². The lowest BCUT2D eigenvalue weighted by atomic mass is 9.96. The first kappa shape index (κ1) is 12.9. The maximum Gasteiger partial charge on any atom is 0.573 e. The molecule has 1 fully saturated rings. The summed E-state index contributed by atoms with van der Waals surface area (Å²) < 4.78 is 45.5. The molecule has 18 heavy (non-hydrogen) atoms. The van der Waals surface area contributed by atoms with Crippen LogP contribution >= 0.6 is 0 Å². The molecular formula is C12H11F3O3. The van der Waals surface area contributed by atoms with Gasteiger partial charge in [-0.3, -0.25) is 4.79 Å². The average Bonchev–Trinajstić information content (AvgIpc) is 2.80. The first-order valence-corrected chi connectivity index (χ1v) is 5.44. The molecule has 1 saturated heterocycles. The van der Waals surface area contributed by atoms with Crippen molar-refractivity contribution >= 4 is 5.78 Å². The summed E-state index contributed by atoms with van der Waals surface area (Å²) in [6.07, 6.45) is -4.28. The van der Waals surface area contributed by atoms with Crippen LogP contribution in [0.4, 0.5) is 13.2 Å². The molecule has 1 aromatic rings. The van der Waals surface area contributed by atoms with Crippen LogP contribution in [0.2, 0.25) is 0 Å². The Morgan fingerprint density at radius 2 is 2.06 bits per heavy atom. The SMILES string of the molecule is O=C(c1ccccc1OC(F)(F)F)C1CCOC1. The zero-order chi connectivity index (χ0) is 13.2. The molecule has 1 aliphatic heterocycles. The summed E-state index contributed by atoms with van der Waals surface area (Å²) in [7, 11) is 0. The molecule has 0 radical (unpaired) electrons. The van der Waals surface area contributed by atoms with Crippen molar-refractivity contribution in [2.24, 2.45) is 5.92 Å². The number of Topliss-reactive ketones (excluding diaryl/α,β-unsaturated/α-hetero) is 1. The number of halogens is 3. The van der Waals surface area contributed by atoms with Gasteiger partial charge in [0.15, 0.2) is 5.78 Å². The highest BCUT2D eigenvalue weighted by atomic mass is 19.4. The molecule has 1 heterocycles. The quantitative estimate of drug-likeness (QED) is 0.784. The number of hydrogen-bond acceptors (Lipinski definition) is 3.